The normalized spacial score (nSPS) is 13.2. The molecule has 0 spiro atoms. The third-order valence-electron chi connectivity index (χ3n) is 3.32. The molecule has 0 radical (unpaired) electrons. The summed E-state index contributed by atoms with van der Waals surface area (Å²) in [6.07, 6.45) is 0.924. The number of hydrogen-bond acceptors (Lipinski definition) is 3. The molecular formula is C15H18FNaO3. The van der Waals surface area contributed by atoms with E-state index in [4.69, 9.17) is 0 Å². The van der Waals surface area contributed by atoms with Crippen molar-refractivity contribution >= 4 is 11.8 Å². The van der Waals surface area contributed by atoms with Crippen LogP contribution in [0.2, 0.25) is 0 Å². The summed E-state index contributed by atoms with van der Waals surface area (Å²) in [6, 6.07) is 4.42. The first-order valence-corrected chi connectivity index (χ1v) is 6.38. The van der Waals surface area contributed by atoms with E-state index >= 15 is 0 Å². The average molecular weight is 288 g/mol. The van der Waals surface area contributed by atoms with E-state index in [2.05, 4.69) is 0 Å². The Labute approximate surface area is 140 Å². The number of benzene rings is 1. The standard InChI is InChI=1S/C15H19FO3.Na/c1-4-14(17)9(2)7-11-5-6-12(13(16)8-11)10(3)15(18)19;/h5-6,8-10H,4,7H2,1-3H3,(H,18,19);/q;+1/p-1. The van der Waals surface area contributed by atoms with E-state index in [9.17, 15) is 19.1 Å². The van der Waals surface area contributed by atoms with Crippen molar-refractivity contribution in [3.05, 3.63) is 35.1 Å². The number of hydrogen-bond donors (Lipinski definition) is 0. The minimum atomic E-state index is -1.30. The summed E-state index contributed by atoms with van der Waals surface area (Å²) in [4.78, 5) is 22.2. The first kappa shape index (κ1) is 19.3. The molecule has 2 unspecified atom stereocenters. The van der Waals surface area contributed by atoms with Crippen molar-refractivity contribution in [2.24, 2.45) is 5.92 Å². The van der Waals surface area contributed by atoms with Gasteiger partial charge in [0.25, 0.3) is 0 Å². The van der Waals surface area contributed by atoms with E-state index in [1.807, 2.05) is 0 Å². The van der Waals surface area contributed by atoms with E-state index in [0.717, 1.165) is 0 Å². The Bertz CT molecular complexity index is 488. The van der Waals surface area contributed by atoms with Crippen LogP contribution in [-0.2, 0) is 16.0 Å². The van der Waals surface area contributed by atoms with Gasteiger partial charge in [0, 0.05) is 24.2 Å². The molecule has 5 heteroatoms. The Hall–Kier alpha value is -0.710. The van der Waals surface area contributed by atoms with E-state index in [-0.39, 0.29) is 46.8 Å². The molecule has 0 amide bonds. The number of rotatable bonds is 6. The second-order valence-corrected chi connectivity index (χ2v) is 4.82. The summed E-state index contributed by atoms with van der Waals surface area (Å²) in [6.45, 7) is 4.99. The van der Waals surface area contributed by atoms with Crippen LogP contribution in [-0.4, -0.2) is 11.8 Å². The van der Waals surface area contributed by atoms with Crippen LogP contribution in [0.1, 0.15) is 44.2 Å². The van der Waals surface area contributed by atoms with Gasteiger partial charge in [-0.25, -0.2) is 4.39 Å². The van der Waals surface area contributed by atoms with Crippen molar-refractivity contribution in [1.29, 1.82) is 0 Å². The molecule has 0 aliphatic carbocycles. The van der Waals surface area contributed by atoms with Gasteiger partial charge in [0.15, 0.2) is 0 Å². The Morgan fingerprint density at radius 3 is 2.35 bits per heavy atom. The Morgan fingerprint density at radius 1 is 1.30 bits per heavy atom. The first-order valence-electron chi connectivity index (χ1n) is 6.38. The van der Waals surface area contributed by atoms with Crippen molar-refractivity contribution in [3.63, 3.8) is 0 Å². The number of carbonyl (C=O) groups excluding carboxylic acids is 2. The number of Topliss-reactive ketones (excluding diaryl/α,β-unsaturated/α-hetero) is 1. The molecule has 104 valence electrons. The van der Waals surface area contributed by atoms with Crippen molar-refractivity contribution in [2.75, 3.05) is 0 Å². The number of carboxylic acid groups (broad SMARTS) is 1. The topological polar surface area (TPSA) is 57.2 Å². The fraction of sp³-hybridized carbons (Fsp3) is 0.467. The molecule has 0 saturated heterocycles. The molecule has 0 fully saturated rings. The van der Waals surface area contributed by atoms with E-state index < -0.39 is 17.7 Å². The number of carbonyl (C=O) groups is 2. The van der Waals surface area contributed by atoms with Crippen molar-refractivity contribution in [3.8, 4) is 0 Å². The van der Waals surface area contributed by atoms with E-state index in [0.29, 0.717) is 18.4 Å². The van der Waals surface area contributed by atoms with Gasteiger partial charge < -0.3 is 9.90 Å². The minimum absolute atomic E-state index is 0. The zero-order valence-electron chi connectivity index (χ0n) is 12.4. The molecular weight excluding hydrogens is 270 g/mol. The van der Waals surface area contributed by atoms with Gasteiger partial charge in [0.05, 0.1) is 0 Å². The molecule has 3 nitrogen and oxygen atoms in total. The van der Waals surface area contributed by atoms with Crippen LogP contribution in [0, 0.1) is 11.7 Å². The van der Waals surface area contributed by atoms with Gasteiger partial charge in [-0.05, 0) is 23.6 Å². The fourth-order valence-corrected chi connectivity index (χ4v) is 1.99. The number of ketones is 1. The Morgan fingerprint density at radius 2 is 1.90 bits per heavy atom. The summed E-state index contributed by atoms with van der Waals surface area (Å²) in [7, 11) is 0. The van der Waals surface area contributed by atoms with Crippen molar-refractivity contribution in [1.82, 2.24) is 0 Å². The van der Waals surface area contributed by atoms with E-state index in [1.165, 1.54) is 19.1 Å². The second-order valence-electron chi connectivity index (χ2n) is 4.82. The van der Waals surface area contributed by atoms with Crippen LogP contribution in [0.15, 0.2) is 18.2 Å². The van der Waals surface area contributed by atoms with Gasteiger partial charge in [0.1, 0.15) is 11.6 Å². The van der Waals surface area contributed by atoms with Gasteiger partial charge in [-0.1, -0.05) is 32.9 Å². The molecule has 0 aromatic heterocycles. The molecule has 1 aromatic rings. The maximum Gasteiger partial charge on any atom is 1.00 e. The Kier molecular flexibility index (Phi) is 8.25. The summed E-state index contributed by atoms with van der Waals surface area (Å²) in [5.41, 5.74) is 0.805. The number of halogens is 1. The van der Waals surface area contributed by atoms with Crippen LogP contribution in [0.5, 0.6) is 0 Å². The summed E-state index contributed by atoms with van der Waals surface area (Å²) < 4.78 is 13.8. The van der Waals surface area contributed by atoms with Gasteiger partial charge in [-0.3, -0.25) is 4.79 Å². The van der Waals surface area contributed by atoms with E-state index in [1.54, 1.807) is 19.9 Å². The molecule has 0 heterocycles. The van der Waals surface area contributed by atoms with Crippen LogP contribution >= 0.6 is 0 Å². The zero-order valence-corrected chi connectivity index (χ0v) is 14.4. The molecule has 0 aliphatic rings. The molecule has 0 aliphatic heterocycles. The van der Waals surface area contributed by atoms with Crippen LogP contribution in [0.25, 0.3) is 0 Å². The predicted molar refractivity (Wildman–Crippen MR) is 68.0 cm³/mol. The zero-order chi connectivity index (χ0) is 14.6. The first-order chi connectivity index (χ1) is 8.86. The maximum absolute atomic E-state index is 13.8. The maximum atomic E-state index is 13.8. The van der Waals surface area contributed by atoms with Crippen LogP contribution < -0.4 is 34.7 Å². The van der Waals surface area contributed by atoms with Gasteiger partial charge in [-0.15, -0.1) is 0 Å². The average Bonchev–Trinajstić information content (AvgIpc) is 2.37. The van der Waals surface area contributed by atoms with Crippen LogP contribution in [0.4, 0.5) is 4.39 Å². The van der Waals surface area contributed by atoms with Crippen LogP contribution in [0.3, 0.4) is 0 Å². The molecule has 1 aromatic carbocycles. The molecule has 0 N–H and O–H groups in total. The van der Waals surface area contributed by atoms with Crippen molar-refractivity contribution < 1.29 is 48.6 Å². The fourth-order valence-electron chi connectivity index (χ4n) is 1.99. The van der Waals surface area contributed by atoms with Gasteiger partial charge >= 0.3 is 29.6 Å². The Balaban J connectivity index is 0.00000361. The molecule has 0 saturated carbocycles. The largest absolute Gasteiger partial charge is 1.00 e. The second kappa shape index (κ2) is 8.55. The smallest absolute Gasteiger partial charge is 0.550 e. The quantitative estimate of drug-likeness (QED) is 0.621. The third kappa shape index (κ3) is 5.00. The van der Waals surface area contributed by atoms with Crippen molar-refractivity contribution in [2.45, 2.75) is 39.5 Å². The third-order valence-corrected chi connectivity index (χ3v) is 3.32. The van der Waals surface area contributed by atoms with Gasteiger partial charge in [0.2, 0.25) is 0 Å². The number of aliphatic carboxylic acids is 1. The summed E-state index contributed by atoms with van der Waals surface area (Å²) >= 11 is 0. The molecule has 1 rings (SSSR count). The molecule has 20 heavy (non-hydrogen) atoms. The summed E-state index contributed by atoms with van der Waals surface area (Å²) in [5.74, 6) is -2.88. The predicted octanol–water partition coefficient (Wildman–Crippen LogP) is -1.16. The monoisotopic (exact) mass is 288 g/mol. The molecule has 0 bridgehead atoms. The SMILES string of the molecule is CCC(=O)C(C)Cc1ccc(C(C)C(=O)[O-])c(F)c1.[Na+]. The molecule has 2 atom stereocenters. The number of carboxylic acids is 1. The summed E-state index contributed by atoms with van der Waals surface area (Å²) in [5, 5.41) is 10.7. The minimum Gasteiger partial charge on any atom is -0.550 e. The van der Waals surface area contributed by atoms with Gasteiger partial charge in [-0.2, -0.15) is 0 Å².